The molecule has 106 valence electrons. The molecule has 0 bridgehead atoms. The lowest BCUT2D eigenvalue weighted by Crippen LogP contribution is -2.13. The number of hydrogen-bond acceptors (Lipinski definition) is 2. The average molecular weight is 350 g/mol. The maximum Gasteiger partial charge on any atom is 0.323 e. The summed E-state index contributed by atoms with van der Waals surface area (Å²) in [6.45, 7) is 0. The molecule has 7 heteroatoms. The number of benzene rings is 2. The number of halogens is 2. The number of H-pyrrole nitrogens is 2. The summed E-state index contributed by atoms with van der Waals surface area (Å²) in [5, 5.41) is 2.59. The van der Waals surface area contributed by atoms with Gasteiger partial charge in [-0.2, -0.15) is 0 Å². The molecular formula is C14H9BrFN3O2. The molecule has 0 aliphatic rings. The highest BCUT2D eigenvalue weighted by Crippen LogP contribution is 2.20. The van der Waals surface area contributed by atoms with Crippen LogP contribution in [0, 0.1) is 5.82 Å². The number of imidazole rings is 1. The van der Waals surface area contributed by atoms with Gasteiger partial charge in [0.25, 0.3) is 5.91 Å². The van der Waals surface area contributed by atoms with E-state index in [-0.39, 0.29) is 15.7 Å². The molecule has 0 aliphatic heterocycles. The lowest BCUT2D eigenvalue weighted by molar-refractivity contribution is 0.102. The number of nitrogens with one attached hydrogen (secondary N) is 3. The van der Waals surface area contributed by atoms with Gasteiger partial charge in [-0.25, -0.2) is 9.18 Å². The van der Waals surface area contributed by atoms with Crippen molar-refractivity contribution in [3.63, 3.8) is 0 Å². The van der Waals surface area contributed by atoms with Crippen molar-refractivity contribution in [2.75, 3.05) is 5.32 Å². The van der Waals surface area contributed by atoms with Crippen LogP contribution in [0.3, 0.4) is 0 Å². The first-order valence-corrected chi connectivity index (χ1v) is 6.81. The Labute approximate surface area is 126 Å². The zero-order chi connectivity index (χ0) is 15.0. The second-order valence-corrected chi connectivity index (χ2v) is 5.25. The summed E-state index contributed by atoms with van der Waals surface area (Å²) in [6, 6.07) is 9.37. The summed E-state index contributed by atoms with van der Waals surface area (Å²) in [6.07, 6.45) is 0. The summed E-state index contributed by atoms with van der Waals surface area (Å²) in [5.41, 5.74) is 1.26. The van der Waals surface area contributed by atoms with Crippen molar-refractivity contribution < 1.29 is 9.18 Å². The van der Waals surface area contributed by atoms with E-state index in [1.807, 2.05) is 0 Å². The van der Waals surface area contributed by atoms with Crippen molar-refractivity contribution in [2.24, 2.45) is 0 Å². The summed E-state index contributed by atoms with van der Waals surface area (Å²) in [5.74, 6) is -1.18. The van der Waals surface area contributed by atoms with Crippen LogP contribution < -0.4 is 11.0 Å². The molecule has 0 atom stereocenters. The van der Waals surface area contributed by atoms with Gasteiger partial charge >= 0.3 is 5.69 Å². The molecule has 1 aromatic heterocycles. The molecule has 2 aromatic carbocycles. The van der Waals surface area contributed by atoms with E-state index >= 15 is 0 Å². The molecule has 5 nitrogen and oxygen atoms in total. The fraction of sp³-hybridized carbons (Fsp3) is 0. The molecule has 0 saturated heterocycles. The SMILES string of the molecule is O=C(Nc1ccc2[nH]c(=O)[nH]c2c1)c1cccc(Br)c1F. The van der Waals surface area contributed by atoms with Gasteiger partial charge in [-0.3, -0.25) is 4.79 Å². The number of amides is 1. The molecule has 1 amide bonds. The molecule has 1 heterocycles. The van der Waals surface area contributed by atoms with Crippen LogP contribution >= 0.6 is 15.9 Å². The van der Waals surface area contributed by atoms with Crippen LogP contribution in [0.4, 0.5) is 10.1 Å². The normalized spacial score (nSPS) is 10.8. The van der Waals surface area contributed by atoms with Gasteiger partial charge < -0.3 is 15.3 Å². The van der Waals surface area contributed by atoms with E-state index in [2.05, 4.69) is 31.2 Å². The number of fused-ring (bicyclic) bond motifs is 1. The minimum Gasteiger partial charge on any atom is -0.322 e. The highest BCUT2D eigenvalue weighted by atomic mass is 79.9. The predicted octanol–water partition coefficient (Wildman–Crippen LogP) is 3.01. The topological polar surface area (TPSA) is 77.8 Å². The highest BCUT2D eigenvalue weighted by Gasteiger charge is 2.14. The van der Waals surface area contributed by atoms with Crippen LogP contribution in [-0.2, 0) is 0 Å². The molecule has 0 radical (unpaired) electrons. The molecule has 0 fully saturated rings. The summed E-state index contributed by atoms with van der Waals surface area (Å²) in [4.78, 5) is 28.4. The highest BCUT2D eigenvalue weighted by molar-refractivity contribution is 9.10. The predicted molar refractivity (Wildman–Crippen MR) is 81.0 cm³/mol. The van der Waals surface area contributed by atoms with E-state index < -0.39 is 11.7 Å². The monoisotopic (exact) mass is 349 g/mol. The van der Waals surface area contributed by atoms with Crippen molar-refractivity contribution in [3.05, 3.63) is 62.7 Å². The molecule has 3 N–H and O–H groups in total. The standard InChI is InChI=1S/C14H9BrFN3O2/c15-9-3-1-2-8(12(9)16)13(20)17-7-4-5-10-11(6-7)19-14(21)18-10/h1-6H,(H,17,20)(H2,18,19,21). The van der Waals surface area contributed by atoms with Gasteiger partial charge in [0, 0.05) is 5.69 Å². The second kappa shape index (κ2) is 5.17. The van der Waals surface area contributed by atoms with Crippen LogP contribution in [0.25, 0.3) is 11.0 Å². The number of carbonyl (C=O) groups excluding carboxylic acids is 1. The molecular weight excluding hydrogens is 341 g/mol. The minimum absolute atomic E-state index is 0.0629. The van der Waals surface area contributed by atoms with Gasteiger partial charge in [-0.1, -0.05) is 6.07 Å². The average Bonchev–Trinajstić information content (AvgIpc) is 2.81. The fourth-order valence-corrected chi connectivity index (χ4v) is 2.35. The Morgan fingerprint density at radius 3 is 2.71 bits per heavy atom. The minimum atomic E-state index is -0.619. The van der Waals surface area contributed by atoms with E-state index in [1.54, 1.807) is 24.3 Å². The van der Waals surface area contributed by atoms with Crippen molar-refractivity contribution in [2.45, 2.75) is 0 Å². The fourth-order valence-electron chi connectivity index (χ4n) is 1.99. The van der Waals surface area contributed by atoms with Gasteiger partial charge in [0.05, 0.1) is 21.1 Å². The molecule has 0 saturated carbocycles. The molecule has 3 aromatic rings. The number of carbonyl (C=O) groups is 1. The van der Waals surface area contributed by atoms with E-state index in [0.29, 0.717) is 16.7 Å². The number of aromatic nitrogens is 2. The second-order valence-electron chi connectivity index (χ2n) is 4.39. The van der Waals surface area contributed by atoms with Gasteiger partial charge in [0.2, 0.25) is 0 Å². The van der Waals surface area contributed by atoms with Crippen molar-refractivity contribution in [3.8, 4) is 0 Å². The number of anilines is 1. The Hall–Kier alpha value is -2.41. The molecule has 0 spiro atoms. The van der Waals surface area contributed by atoms with E-state index in [0.717, 1.165) is 0 Å². The summed E-state index contributed by atoms with van der Waals surface area (Å²) in [7, 11) is 0. The Bertz CT molecular complexity index is 901. The summed E-state index contributed by atoms with van der Waals surface area (Å²) < 4.78 is 14.1. The lowest BCUT2D eigenvalue weighted by Gasteiger charge is -2.07. The van der Waals surface area contributed by atoms with Crippen LogP contribution in [0.1, 0.15) is 10.4 Å². The first-order valence-electron chi connectivity index (χ1n) is 6.02. The Kier molecular flexibility index (Phi) is 3.34. The molecule has 3 rings (SSSR count). The zero-order valence-electron chi connectivity index (χ0n) is 10.5. The van der Waals surface area contributed by atoms with E-state index in [1.165, 1.54) is 12.1 Å². The maximum absolute atomic E-state index is 13.9. The van der Waals surface area contributed by atoms with Gasteiger partial charge in [0.15, 0.2) is 0 Å². The third kappa shape index (κ3) is 2.59. The first-order chi connectivity index (χ1) is 10.0. The Balaban J connectivity index is 1.92. The van der Waals surface area contributed by atoms with E-state index in [4.69, 9.17) is 0 Å². The van der Waals surface area contributed by atoms with E-state index in [9.17, 15) is 14.0 Å². The zero-order valence-corrected chi connectivity index (χ0v) is 12.1. The van der Waals surface area contributed by atoms with Gasteiger partial charge in [-0.05, 0) is 46.3 Å². The van der Waals surface area contributed by atoms with Gasteiger partial charge in [-0.15, -0.1) is 0 Å². The van der Waals surface area contributed by atoms with Crippen molar-refractivity contribution in [1.29, 1.82) is 0 Å². The van der Waals surface area contributed by atoms with Crippen molar-refractivity contribution >= 4 is 38.6 Å². The smallest absolute Gasteiger partial charge is 0.322 e. The van der Waals surface area contributed by atoms with Crippen LogP contribution in [0.5, 0.6) is 0 Å². The third-order valence-corrected chi connectivity index (χ3v) is 3.58. The third-order valence-electron chi connectivity index (χ3n) is 2.97. The first kappa shape index (κ1) is 13.6. The van der Waals surface area contributed by atoms with Crippen LogP contribution in [0.15, 0.2) is 45.7 Å². The Morgan fingerprint density at radius 1 is 1.14 bits per heavy atom. The quantitative estimate of drug-likeness (QED) is 0.664. The van der Waals surface area contributed by atoms with Crippen LogP contribution in [-0.4, -0.2) is 15.9 Å². The molecule has 0 aliphatic carbocycles. The summed E-state index contributed by atoms with van der Waals surface area (Å²) >= 11 is 3.04. The van der Waals surface area contributed by atoms with Crippen molar-refractivity contribution in [1.82, 2.24) is 9.97 Å². The number of hydrogen-bond donors (Lipinski definition) is 3. The van der Waals surface area contributed by atoms with Crippen LogP contribution in [0.2, 0.25) is 0 Å². The molecule has 21 heavy (non-hydrogen) atoms. The number of rotatable bonds is 2. The largest absolute Gasteiger partial charge is 0.323 e. The van der Waals surface area contributed by atoms with Gasteiger partial charge in [0.1, 0.15) is 5.82 Å². The number of aromatic amines is 2. The molecule has 0 unspecified atom stereocenters. The maximum atomic E-state index is 13.9. The lowest BCUT2D eigenvalue weighted by atomic mass is 10.2. The Morgan fingerprint density at radius 2 is 1.90 bits per heavy atom.